The number of carbonyl (C=O) groups is 1. The van der Waals surface area contributed by atoms with E-state index in [0.29, 0.717) is 0 Å². The Kier molecular flexibility index (Phi) is 4.51. The minimum atomic E-state index is -3.58. The van der Waals surface area contributed by atoms with Crippen molar-refractivity contribution >= 4 is 11.9 Å². The van der Waals surface area contributed by atoms with Gasteiger partial charge >= 0.3 is 5.97 Å². The molecule has 0 bridgehead atoms. The molecule has 2 atom stereocenters. The summed E-state index contributed by atoms with van der Waals surface area (Å²) in [5, 5.41) is 42.7. The minimum Gasteiger partial charge on any atom is -0.393 e. The normalized spacial score (nSPS) is 15.5. The van der Waals surface area contributed by atoms with Crippen LogP contribution in [0.15, 0.2) is 4.99 Å². The lowest BCUT2D eigenvalue weighted by atomic mass is 10.1. The van der Waals surface area contributed by atoms with E-state index in [9.17, 15) is 9.59 Å². The zero-order chi connectivity index (χ0) is 11.4. The molecule has 0 saturated carbocycles. The zero-order valence-electron chi connectivity index (χ0n) is 6.86. The van der Waals surface area contributed by atoms with Crippen LogP contribution in [0, 0.1) is 0 Å². The molecule has 0 aromatic rings. The van der Waals surface area contributed by atoms with Gasteiger partial charge < -0.3 is 25.5 Å². The maximum Gasteiger partial charge on any atom is 0.307 e. The number of isocyanates is 1. The predicted molar refractivity (Wildman–Crippen MR) is 39.4 cm³/mol. The minimum absolute atomic E-state index is 0.816. The second-order valence-electron chi connectivity index (χ2n) is 2.41. The highest BCUT2D eigenvalue weighted by Crippen LogP contribution is 2.09. The van der Waals surface area contributed by atoms with E-state index < -0.39 is 30.5 Å². The second-order valence-corrected chi connectivity index (χ2v) is 2.41. The van der Waals surface area contributed by atoms with Gasteiger partial charge in [-0.25, -0.2) is 4.79 Å². The van der Waals surface area contributed by atoms with Crippen LogP contribution in [0.3, 0.4) is 0 Å². The SMILES string of the molecule is O=C=NC(C(=O)C(O)CO)C(O)(O)O. The van der Waals surface area contributed by atoms with E-state index in [4.69, 9.17) is 25.5 Å². The third-order valence-corrected chi connectivity index (χ3v) is 1.32. The second kappa shape index (κ2) is 4.91. The molecule has 2 unspecified atom stereocenters. The Morgan fingerprint density at radius 3 is 2.21 bits per heavy atom. The molecule has 0 aromatic heterocycles. The monoisotopic (exact) mass is 207 g/mol. The van der Waals surface area contributed by atoms with Gasteiger partial charge in [-0.15, -0.1) is 0 Å². The molecule has 0 fully saturated rings. The topological polar surface area (TPSA) is 148 Å². The van der Waals surface area contributed by atoms with Gasteiger partial charge in [0.05, 0.1) is 6.61 Å². The standard InChI is InChI=1S/C6H9NO7/c8-1-3(10)4(11)5(7-2-9)6(12,13)14/h3,5,8,10,12-14H,1H2. The van der Waals surface area contributed by atoms with Crippen LogP contribution in [0.4, 0.5) is 0 Å². The summed E-state index contributed by atoms with van der Waals surface area (Å²) >= 11 is 0. The van der Waals surface area contributed by atoms with Crippen LogP contribution in [-0.4, -0.2) is 62.1 Å². The van der Waals surface area contributed by atoms with Gasteiger partial charge in [0.1, 0.15) is 6.10 Å². The maximum atomic E-state index is 10.9. The molecule has 0 rings (SSSR count). The first kappa shape index (κ1) is 12.8. The highest BCUT2D eigenvalue weighted by atomic mass is 16.7. The molecule has 0 saturated heterocycles. The summed E-state index contributed by atoms with van der Waals surface area (Å²) in [4.78, 5) is 23.3. The molecule has 0 radical (unpaired) electrons. The average molecular weight is 207 g/mol. The van der Waals surface area contributed by atoms with Crippen molar-refractivity contribution in [3.05, 3.63) is 0 Å². The van der Waals surface area contributed by atoms with Gasteiger partial charge in [0.25, 0.3) is 0 Å². The number of carbonyl (C=O) groups excluding carboxylic acids is 2. The smallest absolute Gasteiger partial charge is 0.307 e. The third kappa shape index (κ3) is 3.30. The van der Waals surface area contributed by atoms with Crippen molar-refractivity contribution in [2.45, 2.75) is 18.1 Å². The maximum absolute atomic E-state index is 10.9. The van der Waals surface area contributed by atoms with Crippen LogP contribution in [-0.2, 0) is 9.59 Å². The Bertz CT molecular complexity index is 251. The number of hydrogen-bond donors (Lipinski definition) is 5. The summed E-state index contributed by atoms with van der Waals surface area (Å²) in [6, 6.07) is -2.30. The molecule has 80 valence electrons. The van der Waals surface area contributed by atoms with Crippen LogP contribution < -0.4 is 0 Å². The number of rotatable bonds is 5. The number of aliphatic hydroxyl groups is 5. The highest BCUT2D eigenvalue weighted by Gasteiger charge is 2.41. The van der Waals surface area contributed by atoms with Crippen molar-refractivity contribution in [3.8, 4) is 0 Å². The van der Waals surface area contributed by atoms with E-state index in [0.717, 1.165) is 6.08 Å². The fraction of sp³-hybridized carbons (Fsp3) is 0.667. The third-order valence-electron chi connectivity index (χ3n) is 1.32. The Hall–Kier alpha value is -1.15. The lowest BCUT2D eigenvalue weighted by Crippen LogP contribution is -2.50. The van der Waals surface area contributed by atoms with Crippen molar-refractivity contribution in [1.82, 2.24) is 0 Å². The zero-order valence-corrected chi connectivity index (χ0v) is 6.86. The molecule has 8 nitrogen and oxygen atoms in total. The van der Waals surface area contributed by atoms with Gasteiger partial charge in [0.15, 0.2) is 5.78 Å². The van der Waals surface area contributed by atoms with E-state index in [1.54, 1.807) is 0 Å². The summed E-state index contributed by atoms with van der Waals surface area (Å²) in [5.74, 6) is -4.99. The fourth-order valence-corrected chi connectivity index (χ4v) is 0.666. The quantitative estimate of drug-likeness (QED) is 0.176. The van der Waals surface area contributed by atoms with E-state index in [-0.39, 0.29) is 0 Å². The van der Waals surface area contributed by atoms with Crippen molar-refractivity contribution in [3.63, 3.8) is 0 Å². The number of Topliss-reactive ketones (excluding diaryl/α,β-unsaturated/α-hetero) is 1. The van der Waals surface area contributed by atoms with Crippen molar-refractivity contribution < 1.29 is 35.1 Å². The van der Waals surface area contributed by atoms with Crippen molar-refractivity contribution in [1.29, 1.82) is 0 Å². The average Bonchev–Trinajstić information content (AvgIpc) is 2.09. The summed E-state index contributed by atoms with van der Waals surface area (Å²) in [6.45, 7) is -1.00. The van der Waals surface area contributed by atoms with Gasteiger partial charge in [-0.3, -0.25) is 4.79 Å². The lowest BCUT2D eigenvalue weighted by molar-refractivity contribution is -0.317. The number of nitrogens with zero attached hydrogens (tertiary/aromatic N) is 1. The van der Waals surface area contributed by atoms with Crippen molar-refractivity contribution in [2.75, 3.05) is 6.61 Å². The van der Waals surface area contributed by atoms with Gasteiger partial charge in [0.2, 0.25) is 12.1 Å². The van der Waals surface area contributed by atoms with Crippen LogP contribution in [0.25, 0.3) is 0 Å². The molecular weight excluding hydrogens is 198 g/mol. The summed E-state index contributed by atoms with van der Waals surface area (Å²) < 4.78 is 0. The molecule has 0 heterocycles. The molecular formula is C6H9NO7. The molecule has 8 heteroatoms. The first-order valence-electron chi connectivity index (χ1n) is 3.41. The molecule has 0 amide bonds. The Balaban J connectivity index is 4.85. The Morgan fingerprint density at radius 1 is 1.43 bits per heavy atom. The largest absolute Gasteiger partial charge is 0.393 e. The van der Waals surface area contributed by atoms with Crippen LogP contribution in [0.2, 0.25) is 0 Å². The van der Waals surface area contributed by atoms with Crippen LogP contribution in [0.5, 0.6) is 0 Å². The van der Waals surface area contributed by atoms with E-state index in [2.05, 4.69) is 4.99 Å². The fourth-order valence-electron chi connectivity index (χ4n) is 0.666. The summed E-state index contributed by atoms with van der Waals surface area (Å²) in [5.41, 5.74) is 0. The number of aliphatic hydroxyl groups excluding tert-OH is 2. The van der Waals surface area contributed by atoms with Gasteiger partial charge in [-0.1, -0.05) is 0 Å². The molecule has 0 aliphatic heterocycles. The van der Waals surface area contributed by atoms with E-state index in [1.165, 1.54) is 0 Å². The van der Waals surface area contributed by atoms with Gasteiger partial charge in [0, 0.05) is 0 Å². The number of ketones is 1. The van der Waals surface area contributed by atoms with E-state index in [1.807, 2.05) is 0 Å². The summed E-state index contributed by atoms with van der Waals surface area (Å²) in [7, 11) is 0. The Morgan fingerprint density at radius 2 is 1.93 bits per heavy atom. The lowest BCUT2D eigenvalue weighted by Gasteiger charge is -2.21. The predicted octanol–water partition coefficient (Wildman–Crippen LogP) is -3.76. The first-order chi connectivity index (χ1) is 6.34. The molecule has 0 aliphatic rings. The molecule has 14 heavy (non-hydrogen) atoms. The highest BCUT2D eigenvalue weighted by molar-refractivity contribution is 5.89. The van der Waals surface area contributed by atoms with Gasteiger partial charge in [-0.05, 0) is 0 Å². The number of hydrogen-bond acceptors (Lipinski definition) is 8. The number of aliphatic imine (C=N–C) groups is 1. The van der Waals surface area contributed by atoms with E-state index >= 15 is 0 Å². The van der Waals surface area contributed by atoms with Crippen LogP contribution in [0.1, 0.15) is 0 Å². The molecule has 0 spiro atoms. The van der Waals surface area contributed by atoms with Crippen LogP contribution >= 0.6 is 0 Å². The summed E-state index contributed by atoms with van der Waals surface area (Å²) in [6.07, 6.45) is -1.15. The Labute approximate surface area is 77.8 Å². The molecule has 0 aliphatic carbocycles. The first-order valence-corrected chi connectivity index (χ1v) is 3.41. The molecule has 5 N–H and O–H groups in total. The van der Waals surface area contributed by atoms with Crippen molar-refractivity contribution in [2.24, 2.45) is 4.99 Å². The molecule has 0 aromatic carbocycles. The van der Waals surface area contributed by atoms with Gasteiger partial charge in [-0.2, -0.15) is 4.99 Å².